The lowest BCUT2D eigenvalue weighted by molar-refractivity contribution is -0.135. The Kier molecular flexibility index (Phi) is 8.09. The predicted octanol–water partition coefficient (Wildman–Crippen LogP) is 3.95. The molecule has 0 fully saturated rings. The molecule has 2 aromatic carbocycles. The fraction of sp³-hybridized carbons (Fsp3) is 0.273. The van der Waals surface area contributed by atoms with Crippen LogP contribution >= 0.6 is 0 Å². The van der Waals surface area contributed by atoms with E-state index in [1.165, 1.54) is 20.3 Å². The largest absolute Gasteiger partial charge is 0.494 e. The standard InChI is InChI=1S/C22H24O6/c1-16-6-4-7-18(14-16)27-13-5-8-22(24)28-19-11-9-17(15-20(19)25-2)10-12-21(23)26-3/h4,6-7,9-12,14-15H,5,8,13H2,1-3H3. The molecule has 148 valence electrons. The monoisotopic (exact) mass is 384 g/mol. The number of methoxy groups -OCH3 is 2. The van der Waals surface area contributed by atoms with Crippen LogP contribution in [0.25, 0.3) is 6.08 Å². The Morgan fingerprint density at radius 3 is 2.57 bits per heavy atom. The zero-order valence-corrected chi connectivity index (χ0v) is 16.3. The van der Waals surface area contributed by atoms with E-state index in [1.54, 1.807) is 24.3 Å². The average molecular weight is 384 g/mol. The molecule has 0 aliphatic heterocycles. The molecule has 2 rings (SSSR count). The zero-order valence-electron chi connectivity index (χ0n) is 16.3. The third kappa shape index (κ3) is 6.79. The molecule has 2 aromatic rings. The number of rotatable bonds is 9. The Balaban J connectivity index is 1.85. The summed E-state index contributed by atoms with van der Waals surface area (Å²) in [7, 11) is 2.79. The Bertz CT molecular complexity index is 841. The molecule has 0 spiro atoms. The van der Waals surface area contributed by atoms with Crippen LogP contribution < -0.4 is 14.2 Å². The summed E-state index contributed by atoms with van der Waals surface area (Å²) in [4.78, 5) is 23.2. The minimum atomic E-state index is -0.456. The first-order valence-electron chi connectivity index (χ1n) is 8.86. The normalized spacial score (nSPS) is 10.5. The summed E-state index contributed by atoms with van der Waals surface area (Å²) in [6.07, 6.45) is 3.64. The van der Waals surface area contributed by atoms with Gasteiger partial charge in [0.15, 0.2) is 11.5 Å². The van der Waals surface area contributed by atoms with Crippen molar-refractivity contribution in [3.05, 3.63) is 59.7 Å². The molecular formula is C22H24O6. The van der Waals surface area contributed by atoms with E-state index in [0.29, 0.717) is 30.1 Å². The van der Waals surface area contributed by atoms with Gasteiger partial charge in [0.1, 0.15) is 5.75 Å². The summed E-state index contributed by atoms with van der Waals surface area (Å²) in [6.45, 7) is 2.42. The molecule has 6 nitrogen and oxygen atoms in total. The Morgan fingerprint density at radius 2 is 1.86 bits per heavy atom. The van der Waals surface area contributed by atoms with Crippen molar-refractivity contribution in [3.8, 4) is 17.2 Å². The maximum atomic E-state index is 12.1. The van der Waals surface area contributed by atoms with Crippen LogP contribution in [0.4, 0.5) is 0 Å². The van der Waals surface area contributed by atoms with E-state index in [-0.39, 0.29) is 12.4 Å². The quantitative estimate of drug-likeness (QED) is 0.282. The smallest absolute Gasteiger partial charge is 0.330 e. The number of benzene rings is 2. The van der Waals surface area contributed by atoms with E-state index in [0.717, 1.165) is 11.3 Å². The minimum absolute atomic E-state index is 0.221. The number of carbonyl (C=O) groups excluding carboxylic acids is 2. The third-order valence-electron chi connectivity index (χ3n) is 3.81. The molecule has 0 aliphatic rings. The van der Waals surface area contributed by atoms with Crippen molar-refractivity contribution in [2.24, 2.45) is 0 Å². The second kappa shape index (κ2) is 10.8. The maximum Gasteiger partial charge on any atom is 0.330 e. The van der Waals surface area contributed by atoms with Gasteiger partial charge in [-0.3, -0.25) is 4.79 Å². The molecule has 28 heavy (non-hydrogen) atoms. The molecule has 6 heteroatoms. The first-order valence-corrected chi connectivity index (χ1v) is 8.86. The van der Waals surface area contributed by atoms with Gasteiger partial charge in [-0.1, -0.05) is 18.2 Å². The molecule has 0 unspecified atom stereocenters. The number of hydrogen-bond acceptors (Lipinski definition) is 6. The fourth-order valence-electron chi connectivity index (χ4n) is 2.39. The highest BCUT2D eigenvalue weighted by atomic mass is 16.6. The SMILES string of the molecule is COC(=O)C=Cc1ccc(OC(=O)CCCOc2cccc(C)c2)c(OC)c1. The molecule has 0 amide bonds. The van der Waals surface area contributed by atoms with Gasteiger partial charge in [-0.05, 0) is 54.8 Å². The van der Waals surface area contributed by atoms with Gasteiger partial charge in [0.25, 0.3) is 0 Å². The van der Waals surface area contributed by atoms with Gasteiger partial charge < -0.3 is 18.9 Å². The van der Waals surface area contributed by atoms with Crippen molar-refractivity contribution in [1.29, 1.82) is 0 Å². The predicted molar refractivity (Wildman–Crippen MR) is 106 cm³/mol. The van der Waals surface area contributed by atoms with Crippen LogP contribution in [0.15, 0.2) is 48.5 Å². The minimum Gasteiger partial charge on any atom is -0.494 e. The molecule has 0 saturated heterocycles. The van der Waals surface area contributed by atoms with Crippen LogP contribution in [-0.4, -0.2) is 32.8 Å². The van der Waals surface area contributed by atoms with E-state index in [2.05, 4.69) is 4.74 Å². The molecule has 0 aromatic heterocycles. The molecule has 0 atom stereocenters. The number of aryl methyl sites for hydroxylation is 1. The van der Waals surface area contributed by atoms with Crippen LogP contribution in [0.3, 0.4) is 0 Å². The lowest BCUT2D eigenvalue weighted by Crippen LogP contribution is -2.10. The number of esters is 2. The molecule has 0 bridgehead atoms. The van der Waals surface area contributed by atoms with Gasteiger partial charge in [0.05, 0.1) is 20.8 Å². The lowest BCUT2D eigenvalue weighted by Gasteiger charge is -2.10. The van der Waals surface area contributed by atoms with Crippen LogP contribution in [0, 0.1) is 6.92 Å². The average Bonchev–Trinajstić information content (AvgIpc) is 2.70. The van der Waals surface area contributed by atoms with E-state index >= 15 is 0 Å². The highest BCUT2D eigenvalue weighted by molar-refractivity contribution is 5.87. The van der Waals surface area contributed by atoms with Crippen molar-refractivity contribution < 1.29 is 28.5 Å². The molecular weight excluding hydrogens is 360 g/mol. The topological polar surface area (TPSA) is 71.1 Å². The van der Waals surface area contributed by atoms with Crippen molar-refractivity contribution in [1.82, 2.24) is 0 Å². The summed E-state index contributed by atoms with van der Waals surface area (Å²) in [5.74, 6) is 0.677. The molecule has 0 N–H and O–H groups in total. The Hall–Kier alpha value is -3.28. The maximum absolute atomic E-state index is 12.1. The van der Waals surface area contributed by atoms with E-state index in [4.69, 9.17) is 14.2 Å². The fourth-order valence-corrected chi connectivity index (χ4v) is 2.39. The number of ether oxygens (including phenoxy) is 4. The van der Waals surface area contributed by atoms with Gasteiger partial charge in [-0.25, -0.2) is 4.79 Å². The lowest BCUT2D eigenvalue weighted by atomic mass is 10.2. The molecule has 0 aliphatic carbocycles. The van der Waals surface area contributed by atoms with E-state index in [9.17, 15) is 9.59 Å². The highest BCUT2D eigenvalue weighted by Gasteiger charge is 2.11. The van der Waals surface area contributed by atoms with Crippen molar-refractivity contribution in [2.45, 2.75) is 19.8 Å². The van der Waals surface area contributed by atoms with Crippen LogP contribution in [-0.2, 0) is 14.3 Å². The molecule has 0 saturated carbocycles. The van der Waals surface area contributed by atoms with E-state index < -0.39 is 5.97 Å². The summed E-state index contributed by atoms with van der Waals surface area (Å²) < 4.78 is 20.8. The summed E-state index contributed by atoms with van der Waals surface area (Å²) >= 11 is 0. The molecule has 0 heterocycles. The van der Waals surface area contributed by atoms with Gasteiger partial charge in [0, 0.05) is 12.5 Å². The van der Waals surface area contributed by atoms with Gasteiger partial charge in [-0.2, -0.15) is 0 Å². The summed E-state index contributed by atoms with van der Waals surface area (Å²) in [5, 5.41) is 0. The van der Waals surface area contributed by atoms with Gasteiger partial charge in [-0.15, -0.1) is 0 Å². The van der Waals surface area contributed by atoms with Crippen LogP contribution in [0.2, 0.25) is 0 Å². The second-order valence-electron chi connectivity index (χ2n) is 6.01. The van der Waals surface area contributed by atoms with Crippen molar-refractivity contribution in [2.75, 3.05) is 20.8 Å². The van der Waals surface area contributed by atoms with Crippen molar-refractivity contribution >= 4 is 18.0 Å². The first-order chi connectivity index (χ1) is 13.5. The first kappa shape index (κ1) is 21.0. The van der Waals surface area contributed by atoms with Crippen molar-refractivity contribution in [3.63, 3.8) is 0 Å². The molecule has 0 radical (unpaired) electrons. The van der Waals surface area contributed by atoms with Crippen LogP contribution in [0.1, 0.15) is 24.0 Å². The summed E-state index contributed by atoms with van der Waals surface area (Å²) in [5.41, 5.74) is 1.84. The second-order valence-corrected chi connectivity index (χ2v) is 6.01. The number of hydrogen-bond donors (Lipinski definition) is 0. The Labute approximate surface area is 164 Å². The summed E-state index contributed by atoms with van der Waals surface area (Å²) in [6, 6.07) is 12.8. The van der Waals surface area contributed by atoms with E-state index in [1.807, 2.05) is 31.2 Å². The van der Waals surface area contributed by atoms with Gasteiger partial charge in [0.2, 0.25) is 0 Å². The third-order valence-corrected chi connectivity index (χ3v) is 3.81. The van der Waals surface area contributed by atoms with Gasteiger partial charge >= 0.3 is 11.9 Å². The number of carbonyl (C=O) groups is 2. The highest BCUT2D eigenvalue weighted by Crippen LogP contribution is 2.29. The van der Waals surface area contributed by atoms with Crippen LogP contribution in [0.5, 0.6) is 17.2 Å². The Morgan fingerprint density at radius 1 is 1.04 bits per heavy atom. The zero-order chi connectivity index (χ0) is 20.4.